The number of nitrogens with one attached hydrogen (secondary N) is 2. The SMILES string of the molecule is COCC(CNc1ncccc1CNC(C)(C)C)OC. The summed E-state index contributed by atoms with van der Waals surface area (Å²) in [5.74, 6) is 0.891. The fourth-order valence-electron chi connectivity index (χ4n) is 1.71. The summed E-state index contributed by atoms with van der Waals surface area (Å²) in [5, 5.41) is 6.80. The average Bonchev–Trinajstić information content (AvgIpc) is 2.41. The first kappa shape index (κ1) is 16.9. The van der Waals surface area contributed by atoms with Gasteiger partial charge in [-0.1, -0.05) is 6.07 Å². The fraction of sp³-hybridized carbons (Fsp3) is 0.667. The van der Waals surface area contributed by atoms with Crippen molar-refractivity contribution < 1.29 is 9.47 Å². The Labute approximate surface area is 122 Å². The summed E-state index contributed by atoms with van der Waals surface area (Å²) in [5.41, 5.74) is 1.23. The first-order valence-corrected chi connectivity index (χ1v) is 6.91. The van der Waals surface area contributed by atoms with E-state index < -0.39 is 0 Å². The van der Waals surface area contributed by atoms with Gasteiger partial charge in [-0.3, -0.25) is 0 Å². The van der Waals surface area contributed by atoms with Crippen LogP contribution in [-0.4, -0.2) is 44.0 Å². The number of nitrogens with zero attached hydrogens (tertiary/aromatic N) is 1. The molecule has 0 fully saturated rings. The van der Waals surface area contributed by atoms with Gasteiger partial charge in [-0.2, -0.15) is 0 Å². The molecular formula is C15H27N3O2. The molecule has 1 unspecified atom stereocenters. The second kappa shape index (κ2) is 8.19. The Morgan fingerprint density at radius 3 is 2.65 bits per heavy atom. The van der Waals surface area contributed by atoms with Crippen molar-refractivity contribution in [2.24, 2.45) is 0 Å². The summed E-state index contributed by atoms with van der Waals surface area (Å²) < 4.78 is 10.4. The minimum absolute atomic E-state index is 0.0189. The number of hydrogen-bond acceptors (Lipinski definition) is 5. The Hall–Kier alpha value is -1.17. The highest BCUT2D eigenvalue weighted by Gasteiger charge is 2.12. The Balaban J connectivity index is 2.61. The van der Waals surface area contributed by atoms with Crippen LogP contribution in [0.15, 0.2) is 18.3 Å². The number of pyridine rings is 1. The second-order valence-corrected chi connectivity index (χ2v) is 5.81. The Bertz CT molecular complexity index is 391. The van der Waals surface area contributed by atoms with Gasteiger partial charge in [0.2, 0.25) is 0 Å². The van der Waals surface area contributed by atoms with E-state index in [1.54, 1.807) is 20.4 Å². The summed E-state index contributed by atoms with van der Waals surface area (Å²) >= 11 is 0. The predicted octanol–water partition coefficient (Wildman–Crippen LogP) is 2.04. The van der Waals surface area contributed by atoms with Gasteiger partial charge < -0.3 is 20.1 Å². The highest BCUT2D eigenvalue weighted by molar-refractivity contribution is 5.43. The number of hydrogen-bond donors (Lipinski definition) is 2. The standard InChI is InChI=1S/C15H27N3O2/c1-15(2,3)18-9-12-7-6-8-16-14(12)17-10-13(20-5)11-19-4/h6-8,13,18H,9-11H2,1-5H3,(H,16,17). The van der Waals surface area contributed by atoms with Crippen LogP contribution in [0.3, 0.4) is 0 Å². The summed E-state index contributed by atoms with van der Waals surface area (Å²) in [6.07, 6.45) is 1.81. The summed E-state index contributed by atoms with van der Waals surface area (Å²) in [4.78, 5) is 4.40. The molecule has 0 bridgehead atoms. The minimum atomic E-state index is 0.0189. The lowest BCUT2D eigenvalue weighted by Crippen LogP contribution is -2.35. The van der Waals surface area contributed by atoms with Gasteiger partial charge in [0.05, 0.1) is 12.7 Å². The first-order chi connectivity index (χ1) is 9.46. The summed E-state index contributed by atoms with van der Waals surface area (Å²) in [6, 6.07) is 4.03. The number of anilines is 1. The minimum Gasteiger partial charge on any atom is -0.382 e. The number of rotatable bonds is 8. The van der Waals surface area contributed by atoms with Gasteiger partial charge in [-0.05, 0) is 26.8 Å². The molecule has 20 heavy (non-hydrogen) atoms. The van der Waals surface area contributed by atoms with Crippen LogP contribution in [0.1, 0.15) is 26.3 Å². The highest BCUT2D eigenvalue weighted by atomic mass is 16.5. The average molecular weight is 281 g/mol. The van der Waals surface area contributed by atoms with E-state index in [1.807, 2.05) is 6.07 Å². The monoisotopic (exact) mass is 281 g/mol. The molecule has 1 aromatic rings. The maximum absolute atomic E-state index is 5.34. The number of aromatic nitrogens is 1. The lowest BCUT2D eigenvalue weighted by molar-refractivity contribution is 0.0365. The Morgan fingerprint density at radius 1 is 1.30 bits per heavy atom. The molecule has 1 rings (SSSR count). The van der Waals surface area contributed by atoms with Gasteiger partial charge in [0.25, 0.3) is 0 Å². The topological polar surface area (TPSA) is 55.4 Å². The van der Waals surface area contributed by atoms with Crippen LogP contribution in [0.2, 0.25) is 0 Å². The molecule has 0 aliphatic rings. The smallest absolute Gasteiger partial charge is 0.130 e. The van der Waals surface area contributed by atoms with E-state index in [0.717, 1.165) is 17.9 Å². The molecule has 1 atom stereocenters. The van der Waals surface area contributed by atoms with E-state index in [2.05, 4.69) is 42.5 Å². The van der Waals surface area contributed by atoms with Crippen molar-refractivity contribution in [3.63, 3.8) is 0 Å². The van der Waals surface area contributed by atoms with Gasteiger partial charge >= 0.3 is 0 Å². The van der Waals surface area contributed by atoms with Crippen molar-refractivity contribution in [1.29, 1.82) is 0 Å². The molecule has 5 heteroatoms. The van der Waals surface area contributed by atoms with Gasteiger partial charge in [-0.15, -0.1) is 0 Å². The van der Waals surface area contributed by atoms with Crippen LogP contribution >= 0.6 is 0 Å². The van der Waals surface area contributed by atoms with Crippen molar-refractivity contribution in [2.45, 2.75) is 39.0 Å². The lowest BCUT2D eigenvalue weighted by atomic mass is 10.1. The zero-order valence-corrected chi connectivity index (χ0v) is 13.2. The van der Waals surface area contributed by atoms with Crippen LogP contribution in [-0.2, 0) is 16.0 Å². The molecule has 5 nitrogen and oxygen atoms in total. The van der Waals surface area contributed by atoms with Crippen molar-refractivity contribution in [2.75, 3.05) is 32.7 Å². The van der Waals surface area contributed by atoms with Crippen LogP contribution < -0.4 is 10.6 Å². The third-order valence-corrected chi connectivity index (χ3v) is 2.88. The molecule has 1 heterocycles. The number of methoxy groups -OCH3 is 2. The fourth-order valence-corrected chi connectivity index (χ4v) is 1.71. The van der Waals surface area contributed by atoms with Crippen LogP contribution in [0.25, 0.3) is 0 Å². The van der Waals surface area contributed by atoms with E-state index >= 15 is 0 Å². The predicted molar refractivity (Wildman–Crippen MR) is 82.0 cm³/mol. The van der Waals surface area contributed by atoms with E-state index in [-0.39, 0.29) is 11.6 Å². The third-order valence-electron chi connectivity index (χ3n) is 2.88. The molecule has 1 aromatic heterocycles. The molecule has 0 aliphatic heterocycles. The Morgan fingerprint density at radius 2 is 2.05 bits per heavy atom. The third kappa shape index (κ3) is 6.32. The van der Waals surface area contributed by atoms with Gasteiger partial charge in [0.1, 0.15) is 5.82 Å². The Kier molecular flexibility index (Phi) is 6.91. The van der Waals surface area contributed by atoms with E-state index in [1.165, 1.54) is 0 Å². The molecule has 0 spiro atoms. The van der Waals surface area contributed by atoms with Crippen LogP contribution in [0.4, 0.5) is 5.82 Å². The summed E-state index contributed by atoms with van der Waals surface area (Å²) in [6.45, 7) is 8.46. The molecule has 2 N–H and O–H groups in total. The van der Waals surface area contributed by atoms with E-state index in [4.69, 9.17) is 9.47 Å². The van der Waals surface area contributed by atoms with Crippen LogP contribution in [0.5, 0.6) is 0 Å². The zero-order chi connectivity index (χ0) is 15.0. The second-order valence-electron chi connectivity index (χ2n) is 5.81. The first-order valence-electron chi connectivity index (χ1n) is 6.91. The largest absolute Gasteiger partial charge is 0.382 e. The maximum atomic E-state index is 5.34. The van der Waals surface area contributed by atoms with Crippen molar-refractivity contribution in [1.82, 2.24) is 10.3 Å². The van der Waals surface area contributed by atoms with Gasteiger partial charge in [0.15, 0.2) is 0 Å². The molecule has 0 saturated heterocycles. The number of ether oxygens (including phenoxy) is 2. The molecule has 0 amide bonds. The zero-order valence-electron chi connectivity index (χ0n) is 13.2. The van der Waals surface area contributed by atoms with Crippen molar-refractivity contribution in [3.8, 4) is 0 Å². The molecule has 0 aliphatic carbocycles. The van der Waals surface area contributed by atoms with Gasteiger partial charge in [0, 0.05) is 44.6 Å². The summed E-state index contributed by atoms with van der Waals surface area (Å²) in [7, 11) is 3.36. The van der Waals surface area contributed by atoms with Crippen LogP contribution in [0, 0.1) is 0 Å². The van der Waals surface area contributed by atoms with E-state index in [9.17, 15) is 0 Å². The van der Waals surface area contributed by atoms with Crippen molar-refractivity contribution in [3.05, 3.63) is 23.9 Å². The molecule has 0 saturated carbocycles. The molecule has 0 aromatic carbocycles. The molecule has 0 radical (unpaired) electrons. The highest BCUT2D eigenvalue weighted by Crippen LogP contribution is 2.13. The molecule has 114 valence electrons. The normalized spacial score (nSPS) is 13.2. The molecular weight excluding hydrogens is 254 g/mol. The van der Waals surface area contributed by atoms with Crippen molar-refractivity contribution >= 4 is 5.82 Å². The quantitative estimate of drug-likeness (QED) is 0.764. The lowest BCUT2D eigenvalue weighted by Gasteiger charge is -2.22. The van der Waals surface area contributed by atoms with E-state index in [0.29, 0.717) is 13.2 Å². The maximum Gasteiger partial charge on any atom is 0.130 e. The van der Waals surface area contributed by atoms with Gasteiger partial charge in [-0.25, -0.2) is 4.98 Å².